The third kappa shape index (κ3) is 2.48. The van der Waals surface area contributed by atoms with Gasteiger partial charge in [0.1, 0.15) is 5.54 Å². The molecule has 1 saturated heterocycles. The average molecular weight is 235 g/mol. The fraction of sp³-hybridized carbons (Fsp3) is 0.462. The maximum atomic E-state index is 11.1. The van der Waals surface area contributed by atoms with E-state index in [1.54, 1.807) is 0 Å². The fourth-order valence-electron chi connectivity index (χ4n) is 2.21. The van der Waals surface area contributed by atoms with Crippen molar-refractivity contribution >= 4 is 5.97 Å². The quantitative estimate of drug-likeness (QED) is 0.822. The highest BCUT2D eigenvalue weighted by molar-refractivity contribution is 5.79. The van der Waals surface area contributed by atoms with Crippen LogP contribution in [-0.2, 0) is 16.0 Å². The number of aliphatic carboxylic acids is 1. The molecule has 0 aromatic heterocycles. The zero-order valence-corrected chi connectivity index (χ0v) is 9.63. The van der Waals surface area contributed by atoms with Crippen LogP contribution < -0.4 is 5.73 Å². The van der Waals surface area contributed by atoms with E-state index in [1.165, 1.54) is 5.56 Å². The van der Waals surface area contributed by atoms with Crippen molar-refractivity contribution in [3.8, 4) is 0 Å². The summed E-state index contributed by atoms with van der Waals surface area (Å²) in [5, 5.41) is 9.14. The van der Waals surface area contributed by atoms with Crippen LogP contribution in [0.4, 0.5) is 0 Å². The summed E-state index contributed by atoms with van der Waals surface area (Å²) >= 11 is 0. The highest BCUT2D eigenvalue weighted by atomic mass is 16.5. The van der Waals surface area contributed by atoms with Crippen molar-refractivity contribution < 1.29 is 14.6 Å². The Morgan fingerprint density at radius 3 is 2.82 bits per heavy atom. The number of hydrogen-bond donors (Lipinski definition) is 2. The molecule has 0 saturated carbocycles. The van der Waals surface area contributed by atoms with Gasteiger partial charge in [-0.25, -0.2) is 0 Å². The second kappa shape index (κ2) is 4.85. The maximum absolute atomic E-state index is 11.1. The summed E-state index contributed by atoms with van der Waals surface area (Å²) in [5.41, 5.74) is 5.85. The zero-order chi connectivity index (χ0) is 12.3. The second-order valence-electron chi connectivity index (χ2n) is 4.48. The summed E-state index contributed by atoms with van der Waals surface area (Å²) in [7, 11) is 0. The number of nitrogens with two attached hydrogens (primary N) is 1. The van der Waals surface area contributed by atoms with Crippen LogP contribution in [-0.4, -0.2) is 29.3 Å². The topological polar surface area (TPSA) is 72.6 Å². The van der Waals surface area contributed by atoms with Gasteiger partial charge in [0.15, 0.2) is 0 Å². The molecule has 1 fully saturated rings. The highest BCUT2D eigenvalue weighted by Gasteiger charge is 2.46. The third-order valence-electron chi connectivity index (χ3n) is 3.35. The predicted molar refractivity (Wildman–Crippen MR) is 63.7 cm³/mol. The fourth-order valence-corrected chi connectivity index (χ4v) is 2.21. The Kier molecular flexibility index (Phi) is 3.45. The number of rotatable bonds is 4. The molecule has 2 atom stereocenters. The highest BCUT2D eigenvalue weighted by Crippen LogP contribution is 2.27. The molecule has 0 spiro atoms. The van der Waals surface area contributed by atoms with E-state index in [4.69, 9.17) is 15.6 Å². The Bertz CT molecular complexity index is 393. The van der Waals surface area contributed by atoms with Crippen molar-refractivity contribution in [3.63, 3.8) is 0 Å². The molecule has 1 heterocycles. The van der Waals surface area contributed by atoms with E-state index < -0.39 is 11.5 Å². The van der Waals surface area contributed by atoms with Gasteiger partial charge in [0, 0.05) is 13.0 Å². The number of carboxylic acid groups (broad SMARTS) is 1. The molecule has 4 nitrogen and oxygen atoms in total. The first-order chi connectivity index (χ1) is 8.13. The maximum Gasteiger partial charge on any atom is 0.326 e. The van der Waals surface area contributed by atoms with Gasteiger partial charge < -0.3 is 15.6 Å². The molecule has 92 valence electrons. The van der Waals surface area contributed by atoms with E-state index in [1.807, 2.05) is 30.3 Å². The number of aryl methyl sites for hydroxylation is 1. The minimum absolute atomic E-state index is 0.389. The Morgan fingerprint density at radius 2 is 2.18 bits per heavy atom. The van der Waals surface area contributed by atoms with Crippen LogP contribution in [0.2, 0.25) is 0 Å². The van der Waals surface area contributed by atoms with Gasteiger partial charge in [0.25, 0.3) is 0 Å². The van der Waals surface area contributed by atoms with Gasteiger partial charge >= 0.3 is 5.97 Å². The summed E-state index contributed by atoms with van der Waals surface area (Å²) in [4.78, 5) is 11.1. The lowest BCUT2D eigenvalue weighted by Gasteiger charge is -2.25. The van der Waals surface area contributed by atoms with Crippen LogP contribution >= 0.6 is 0 Å². The summed E-state index contributed by atoms with van der Waals surface area (Å²) in [6.45, 7) is 0.433. The van der Waals surface area contributed by atoms with Crippen LogP contribution in [0.25, 0.3) is 0 Å². The van der Waals surface area contributed by atoms with Gasteiger partial charge in [0.2, 0.25) is 0 Å². The van der Waals surface area contributed by atoms with Gasteiger partial charge in [0.05, 0.1) is 6.10 Å². The largest absolute Gasteiger partial charge is 0.480 e. The Morgan fingerprint density at radius 1 is 1.47 bits per heavy atom. The summed E-state index contributed by atoms with van der Waals surface area (Å²) in [6, 6.07) is 9.94. The van der Waals surface area contributed by atoms with E-state index in [9.17, 15) is 4.79 Å². The molecule has 4 heteroatoms. The zero-order valence-electron chi connectivity index (χ0n) is 9.63. The number of ether oxygens (including phenoxy) is 1. The van der Waals surface area contributed by atoms with Crippen molar-refractivity contribution in [1.82, 2.24) is 0 Å². The van der Waals surface area contributed by atoms with Crippen LogP contribution in [0.15, 0.2) is 30.3 Å². The van der Waals surface area contributed by atoms with E-state index in [0.717, 1.165) is 6.42 Å². The summed E-state index contributed by atoms with van der Waals surface area (Å²) in [6.07, 6.45) is 1.44. The molecule has 1 unspecified atom stereocenters. The minimum Gasteiger partial charge on any atom is -0.480 e. The number of carboxylic acids is 1. The summed E-state index contributed by atoms with van der Waals surface area (Å²) < 4.78 is 5.45. The molecular weight excluding hydrogens is 218 g/mol. The molecule has 2 rings (SSSR count). The van der Waals surface area contributed by atoms with E-state index in [-0.39, 0.29) is 6.10 Å². The van der Waals surface area contributed by atoms with Crippen LogP contribution in [0.5, 0.6) is 0 Å². The lowest BCUT2D eigenvalue weighted by molar-refractivity contribution is -0.145. The molecular formula is C13H17NO3. The molecule has 3 N–H and O–H groups in total. The molecule has 0 amide bonds. The first-order valence-corrected chi connectivity index (χ1v) is 5.81. The monoisotopic (exact) mass is 235 g/mol. The molecule has 1 aliphatic heterocycles. The molecule has 17 heavy (non-hydrogen) atoms. The van der Waals surface area contributed by atoms with Crippen LogP contribution in [0, 0.1) is 0 Å². The molecule has 0 aliphatic carbocycles. The van der Waals surface area contributed by atoms with Gasteiger partial charge in [-0.2, -0.15) is 0 Å². The van der Waals surface area contributed by atoms with Crippen molar-refractivity contribution in [3.05, 3.63) is 35.9 Å². The van der Waals surface area contributed by atoms with Gasteiger partial charge in [-0.3, -0.25) is 4.79 Å². The number of carbonyl (C=O) groups is 1. The first-order valence-electron chi connectivity index (χ1n) is 5.81. The molecule has 0 bridgehead atoms. The lowest BCUT2D eigenvalue weighted by Crippen LogP contribution is -2.54. The smallest absolute Gasteiger partial charge is 0.326 e. The normalized spacial score (nSPS) is 28.2. The van der Waals surface area contributed by atoms with E-state index >= 15 is 0 Å². The Hall–Kier alpha value is -1.39. The molecule has 1 aliphatic rings. The van der Waals surface area contributed by atoms with E-state index in [0.29, 0.717) is 19.4 Å². The minimum atomic E-state index is -1.21. The standard InChI is InChI=1S/C13H17NO3/c14-13(12(15)16)8-9-17-11(13)7-6-10-4-2-1-3-5-10/h1-5,11H,6-9,14H2,(H,15,16)/t11-,13?/m0/s1. The lowest BCUT2D eigenvalue weighted by atomic mass is 9.89. The van der Waals surface area contributed by atoms with Gasteiger partial charge in [-0.1, -0.05) is 30.3 Å². The molecule has 1 aromatic rings. The van der Waals surface area contributed by atoms with Crippen molar-refractivity contribution in [2.75, 3.05) is 6.61 Å². The van der Waals surface area contributed by atoms with Gasteiger partial charge in [-0.05, 0) is 18.4 Å². The predicted octanol–water partition coefficient (Wildman–Crippen LogP) is 1.19. The molecule has 1 aromatic carbocycles. The second-order valence-corrected chi connectivity index (χ2v) is 4.48. The van der Waals surface area contributed by atoms with Crippen molar-refractivity contribution in [2.24, 2.45) is 5.73 Å². The summed E-state index contributed by atoms with van der Waals surface area (Å²) in [5.74, 6) is -0.965. The average Bonchev–Trinajstić information content (AvgIpc) is 2.71. The third-order valence-corrected chi connectivity index (χ3v) is 3.35. The molecule has 0 radical (unpaired) electrons. The Labute approximate surface area is 100 Å². The van der Waals surface area contributed by atoms with Crippen LogP contribution in [0.3, 0.4) is 0 Å². The number of hydrogen-bond acceptors (Lipinski definition) is 3. The SMILES string of the molecule is NC1(C(=O)O)CCO[C@H]1CCc1ccccc1. The van der Waals surface area contributed by atoms with Crippen molar-refractivity contribution in [1.29, 1.82) is 0 Å². The van der Waals surface area contributed by atoms with E-state index in [2.05, 4.69) is 0 Å². The number of benzene rings is 1. The Balaban J connectivity index is 1.97. The van der Waals surface area contributed by atoms with Gasteiger partial charge in [-0.15, -0.1) is 0 Å². The van der Waals surface area contributed by atoms with Crippen molar-refractivity contribution in [2.45, 2.75) is 30.9 Å². The van der Waals surface area contributed by atoms with Crippen LogP contribution in [0.1, 0.15) is 18.4 Å². The first kappa shape index (κ1) is 12.1.